The number of Topliss-reactive ketones (excluding diaryl/α,β-unsaturated/α-hetero) is 1. The molecule has 4 heteroatoms. The van der Waals surface area contributed by atoms with Crippen LogP contribution >= 0.6 is 11.8 Å². The van der Waals surface area contributed by atoms with Crippen molar-refractivity contribution in [2.75, 3.05) is 4.90 Å². The van der Waals surface area contributed by atoms with Crippen molar-refractivity contribution in [2.24, 2.45) is 0 Å². The number of fused-ring (bicyclic) bond motifs is 1. The average molecular weight is 309 g/mol. The lowest BCUT2D eigenvalue weighted by Crippen LogP contribution is -2.23. The third-order valence-electron chi connectivity index (χ3n) is 3.44. The van der Waals surface area contributed by atoms with E-state index in [2.05, 4.69) is 0 Å². The second-order valence-corrected chi connectivity index (χ2v) is 6.23. The highest BCUT2D eigenvalue weighted by molar-refractivity contribution is 8.04. The third kappa shape index (κ3) is 2.70. The minimum Gasteiger partial charge on any atom is -0.288 e. The molecule has 1 aliphatic rings. The van der Waals surface area contributed by atoms with Gasteiger partial charge in [0, 0.05) is 29.3 Å². The molecule has 0 aliphatic carbocycles. The molecule has 0 fully saturated rings. The van der Waals surface area contributed by atoms with Gasteiger partial charge in [0.2, 0.25) is 11.7 Å². The molecular weight excluding hydrogens is 294 g/mol. The van der Waals surface area contributed by atoms with Crippen molar-refractivity contribution in [2.45, 2.75) is 18.7 Å². The van der Waals surface area contributed by atoms with Gasteiger partial charge >= 0.3 is 0 Å². The van der Waals surface area contributed by atoms with Crippen LogP contribution in [0.4, 0.5) is 5.69 Å². The van der Waals surface area contributed by atoms with E-state index < -0.39 is 0 Å². The lowest BCUT2D eigenvalue weighted by Gasteiger charge is -2.17. The Labute approximate surface area is 133 Å². The maximum absolute atomic E-state index is 12.4. The Morgan fingerprint density at radius 3 is 2.59 bits per heavy atom. The first-order valence-electron chi connectivity index (χ1n) is 6.96. The quantitative estimate of drug-likeness (QED) is 0.781. The van der Waals surface area contributed by atoms with E-state index in [0.717, 1.165) is 16.1 Å². The second-order valence-electron chi connectivity index (χ2n) is 5.15. The van der Waals surface area contributed by atoms with E-state index in [-0.39, 0.29) is 11.7 Å². The Bertz CT molecular complexity index is 795. The zero-order valence-corrected chi connectivity index (χ0v) is 13.2. The van der Waals surface area contributed by atoms with Crippen LogP contribution in [0, 0.1) is 6.92 Å². The number of nitrogens with zero attached hydrogens (tertiary/aromatic N) is 1. The summed E-state index contributed by atoms with van der Waals surface area (Å²) < 4.78 is 0. The highest BCUT2D eigenvalue weighted by atomic mass is 32.2. The number of carbonyl (C=O) groups is 2. The number of thioether (sulfide) groups is 1. The van der Waals surface area contributed by atoms with Crippen LogP contribution < -0.4 is 4.90 Å². The monoisotopic (exact) mass is 309 g/mol. The Kier molecular flexibility index (Phi) is 3.86. The molecule has 2 aromatic rings. The highest BCUT2D eigenvalue weighted by Gasteiger charge is 2.26. The van der Waals surface area contributed by atoms with Crippen LogP contribution in [0.15, 0.2) is 64.5 Å². The Morgan fingerprint density at radius 2 is 1.91 bits per heavy atom. The number of aryl methyl sites for hydroxylation is 1. The number of hydrogen-bond acceptors (Lipinski definition) is 3. The lowest BCUT2D eigenvalue weighted by molar-refractivity contribution is -0.116. The second kappa shape index (κ2) is 5.81. The molecule has 0 aromatic heterocycles. The molecule has 2 aromatic carbocycles. The maximum atomic E-state index is 12.4. The van der Waals surface area contributed by atoms with Gasteiger partial charge < -0.3 is 0 Å². The van der Waals surface area contributed by atoms with Gasteiger partial charge in [-0.2, -0.15) is 0 Å². The number of anilines is 1. The molecule has 3 rings (SSSR count). The van der Waals surface area contributed by atoms with Gasteiger partial charge in [0.15, 0.2) is 0 Å². The number of carbonyl (C=O) groups excluding carboxylic acids is 2. The van der Waals surface area contributed by atoms with E-state index in [1.807, 2.05) is 55.5 Å². The molecule has 22 heavy (non-hydrogen) atoms. The third-order valence-corrected chi connectivity index (χ3v) is 4.53. The van der Waals surface area contributed by atoms with E-state index >= 15 is 0 Å². The molecule has 0 radical (unpaired) electrons. The molecule has 0 saturated carbocycles. The molecule has 1 heterocycles. The molecule has 0 bridgehead atoms. The fourth-order valence-corrected chi connectivity index (χ4v) is 3.38. The van der Waals surface area contributed by atoms with Crippen LogP contribution in [0.1, 0.15) is 22.8 Å². The first kappa shape index (κ1) is 14.6. The summed E-state index contributed by atoms with van der Waals surface area (Å²) in [5.41, 5.74) is 2.53. The summed E-state index contributed by atoms with van der Waals surface area (Å²) in [4.78, 5) is 27.4. The fourth-order valence-electron chi connectivity index (χ4n) is 2.37. The lowest BCUT2D eigenvalue weighted by atomic mass is 10.1. The molecule has 3 nitrogen and oxygen atoms in total. The van der Waals surface area contributed by atoms with Crippen molar-refractivity contribution >= 4 is 29.1 Å². The summed E-state index contributed by atoms with van der Waals surface area (Å²) in [5.74, 6) is -0.151. The van der Waals surface area contributed by atoms with Crippen molar-refractivity contribution in [3.05, 3.63) is 70.8 Å². The molecule has 1 aliphatic heterocycles. The number of ketones is 1. The summed E-state index contributed by atoms with van der Waals surface area (Å²) in [6, 6.07) is 15.2. The van der Waals surface area contributed by atoms with Crippen molar-refractivity contribution in [1.82, 2.24) is 0 Å². The fraction of sp³-hybridized carbons (Fsp3) is 0.111. The van der Waals surface area contributed by atoms with Gasteiger partial charge in [-0.25, -0.2) is 0 Å². The molecular formula is C18H15NO2S. The minimum absolute atomic E-state index is 0.0282. The van der Waals surface area contributed by atoms with E-state index in [1.165, 1.54) is 23.6 Å². The highest BCUT2D eigenvalue weighted by Crippen LogP contribution is 2.40. The van der Waals surface area contributed by atoms with Gasteiger partial charge in [0.1, 0.15) is 0 Å². The number of hydrogen-bond donors (Lipinski definition) is 0. The first-order chi connectivity index (χ1) is 10.6. The van der Waals surface area contributed by atoms with Crippen LogP contribution in [0.2, 0.25) is 0 Å². The van der Waals surface area contributed by atoms with E-state index in [0.29, 0.717) is 10.5 Å². The van der Waals surface area contributed by atoms with Crippen LogP contribution in [0.25, 0.3) is 0 Å². The predicted molar refractivity (Wildman–Crippen MR) is 89.1 cm³/mol. The predicted octanol–water partition coefficient (Wildman–Crippen LogP) is 4.18. The van der Waals surface area contributed by atoms with Crippen molar-refractivity contribution in [1.29, 1.82) is 0 Å². The van der Waals surface area contributed by atoms with E-state index in [4.69, 9.17) is 0 Å². The molecule has 110 valence electrons. The summed E-state index contributed by atoms with van der Waals surface area (Å²) in [6.07, 6.45) is 1.64. The van der Waals surface area contributed by atoms with Gasteiger partial charge in [0.25, 0.3) is 0 Å². The Hall–Kier alpha value is -2.33. The van der Waals surface area contributed by atoms with E-state index in [1.54, 1.807) is 6.20 Å². The molecule has 1 amide bonds. The number of benzene rings is 2. The Morgan fingerprint density at radius 1 is 1.14 bits per heavy atom. The van der Waals surface area contributed by atoms with E-state index in [9.17, 15) is 9.59 Å². The number of amides is 1. The Balaban J connectivity index is 1.99. The van der Waals surface area contributed by atoms with Crippen molar-refractivity contribution in [3.8, 4) is 0 Å². The van der Waals surface area contributed by atoms with Crippen LogP contribution in [0.5, 0.6) is 0 Å². The van der Waals surface area contributed by atoms with Gasteiger partial charge in [0.05, 0.1) is 4.91 Å². The minimum atomic E-state index is -0.123. The van der Waals surface area contributed by atoms with Gasteiger partial charge in [-0.15, -0.1) is 0 Å². The zero-order valence-electron chi connectivity index (χ0n) is 12.4. The number of allylic oxidation sites excluding steroid dienone is 1. The van der Waals surface area contributed by atoms with Crippen LogP contribution in [-0.4, -0.2) is 11.7 Å². The van der Waals surface area contributed by atoms with Gasteiger partial charge in [-0.05, 0) is 36.8 Å². The summed E-state index contributed by atoms with van der Waals surface area (Å²) in [7, 11) is 0. The zero-order chi connectivity index (χ0) is 15.7. The summed E-state index contributed by atoms with van der Waals surface area (Å²) in [6.45, 7) is 3.47. The van der Waals surface area contributed by atoms with Gasteiger partial charge in [-0.3, -0.25) is 14.5 Å². The smallest absolute Gasteiger partial charge is 0.227 e. The molecule has 0 saturated heterocycles. The van der Waals surface area contributed by atoms with Crippen molar-refractivity contribution < 1.29 is 9.59 Å². The molecule has 0 spiro atoms. The molecule has 0 N–H and O–H groups in total. The summed E-state index contributed by atoms with van der Waals surface area (Å²) in [5, 5.41) is 0. The molecule has 0 atom stereocenters. The average Bonchev–Trinajstić information content (AvgIpc) is 2.81. The normalized spacial score (nSPS) is 15.0. The van der Waals surface area contributed by atoms with Crippen molar-refractivity contribution in [3.63, 3.8) is 0 Å². The number of rotatable bonds is 2. The maximum Gasteiger partial charge on any atom is 0.227 e. The first-order valence-corrected chi connectivity index (χ1v) is 7.78. The largest absolute Gasteiger partial charge is 0.288 e. The SMILES string of the molecule is CC(=O)N(/C=C1\Sc2ccccc2C1=O)c1cccc(C)c1. The van der Waals surface area contributed by atoms with Crippen LogP contribution in [0.3, 0.4) is 0 Å². The standard InChI is InChI=1S/C18H15NO2S/c1-12-6-5-7-14(10-12)19(13(2)20)11-17-18(21)15-8-3-4-9-16(15)22-17/h3-11H,1-2H3/b17-11-. The van der Waals surface area contributed by atoms with Crippen LogP contribution in [-0.2, 0) is 4.79 Å². The van der Waals surface area contributed by atoms with Gasteiger partial charge in [-0.1, -0.05) is 36.0 Å². The summed E-state index contributed by atoms with van der Waals surface area (Å²) >= 11 is 1.41. The molecule has 0 unspecified atom stereocenters. The topological polar surface area (TPSA) is 37.4 Å².